The molecule has 4 nitrogen and oxygen atoms in total. The van der Waals surface area contributed by atoms with Crippen molar-refractivity contribution in [2.24, 2.45) is 4.99 Å². The summed E-state index contributed by atoms with van der Waals surface area (Å²) in [5, 5.41) is 1.03. The average molecular weight is 398 g/mol. The molecule has 2 heterocycles. The summed E-state index contributed by atoms with van der Waals surface area (Å²) in [6.07, 6.45) is 1.54. The predicted molar refractivity (Wildman–Crippen MR) is 106 cm³/mol. The van der Waals surface area contributed by atoms with Crippen LogP contribution < -0.4 is 0 Å². The second kappa shape index (κ2) is 7.06. The Balaban J connectivity index is 1.63. The molecule has 0 atom stereocenters. The highest BCUT2D eigenvalue weighted by molar-refractivity contribution is 6.36. The Morgan fingerprint density at radius 2 is 1.78 bits per heavy atom. The number of esters is 1. The molecular weight excluding hydrogens is 385 g/mol. The van der Waals surface area contributed by atoms with Crippen molar-refractivity contribution in [1.29, 1.82) is 0 Å². The third-order valence-corrected chi connectivity index (χ3v) is 4.57. The highest BCUT2D eigenvalue weighted by Gasteiger charge is 2.24. The molecule has 0 aliphatic carbocycles. The van der Waals surface area contributed by atoms with Crippen LogP contribution >= 0.6 is 23.2 Å². The average Bonchev–Trinajstić information content (AvgIpc) is 3.23. The molecular formula is C21H13Cl2NO3. The third kappa shape index (κ3) is 3.68. The van der Waals surface area contributed by atoms with Crippen molar-refractivity contribution in [3.05, 3.63) is 87.2 Å². The summed E-state index contributed by atoms with van der Waals surface area (Å²) in [5.74, 6) is 0.793. The fourth-order valence-corrected chi connectivity index (χ4v) is 3.13. The summed E-state index contributed by atoms with van der Waals surface area (Å²) in [6, 6.07) is 16.2. The van der Waals surface area contributed by atoms with Crippen molar-refractivity contribution in [3.8, 4) is 11.3 Å². The van der Waals surface area contributed by atoms with Gasteiger partial charge in [0.25, 0.3) is 0 Å². The smallest absolute Gasteiger partial charge is 0.363 e. The lowest BCUT2D eigenvalue weighted by atomic mass is 10.1. The number of furan rings is 1. The predicted octanol–water partition coefficient (Wildman–Crippen LogP) is 5.91. The number of cyclic esters (lactones) is 1. The van der Waals surface area contributed by atoms with Crippen LogP contribution in [0.5, 0.6) is 0 Å². The van der Waals surface area contributed by atoms with Crippen LogP contribution in [-0.2, 0) is 9.53 Å². The number of aliphatic imine (C=N–C) groups is 1. The Hall–Kier alpha value is -2.82. The molecule has 0 fully saturated rings. The Labute approximate surface area is 165 Å². The topological polar surface area (TPSA) is 51.8 Å². The molecule has 27 heavy (non-hydrogen) atoms. The summed E-state index contributed by atoms with van der Waals surface area (Å²) in [5.41, 5.74) is 2.74. The zero-order valence-corrected chi connectivity index (χ0v) is 15.7. The van der Waals surface area contributed by atoms with Gasteiger partial charge in [-0.2, -0.15) is 0 Å². The number of carbonyl (C=O) groups is 1. The van der Waals surface area contributed by atoms with Crippen LogP contribution in [0.2, 0.25) is 10.0 Å². The van der Waals surface area contributed by atoms with Gasteiger partial charge < -0.3 is 9.15 Å². The Bertz CT molecular complexity index is 1090. The van der Waals surface area contributed by atoms with E-state index in [0.717, 1.165) is 11.1 Å². The zero-order chi connectivity index (χ0) is 19.0. The molecule has 0 saturated heterocycles. The minimum atomic E-state index is -0.520. The minimum absolute atomic E-state index is 0.175. The number of hydrogen-bond donors (Lipinski definition) is 0. The lowest BCUT2D eigenvalue weighted by molar-refractivity contribution is -0.129. The molecule has 0 N–H and O–H groups in total. The van der Waals surface area contributed by atoms with Gasteiger partial charge in [-0.1, -0.05) is 40.9 Å². The van der Waals surface area contributed by atoms with Crippen LogP contribution in [0.15, 0.2) is 69.7 Å². The Morgan fingerprint density at radius 1 is 1.00 bits per heavy atom. The normalized spacial score (nSPS) is 15.1. The molecule has 0 unspecified atom stereocenters. The van der Waals surface area contributed by atoms with E-state index in [-0.39, 0.29) is 11.6 Å². The number of benzene rings is 2. The molecule has 3 aromatic rings. The van der Waals surface area contributed by atoms with Crippen molar-refractivity contribution in [3.63, 3.8) is 0 Å². The molecule has 6 heteroatoms. The van der Waals surface area contributed by atoms with Gasteiger partial charge in [-0.15, -0.1) is 0 Å². The molecule has 2 aromatic carbocycles. The molecule has 0 radical (unpaired) electrons. The van der Waals surface area contributed by atoms with E-state index in [9.17, 15) is 4.79 Å². The fourth-order valence-electron chi connectivity index (χ4n) is 2.63. The van der Waals surface area contributed by atoms with Gasteiger partial charge in [-0.3, -0.25) is 0 Å². The zero-order valence-electron chi connectivity index (χ0n) is 14.2. The third-order valence-electron chi connectivity index (χ3n) is 4.02. The molecule has 4 rings (SSSR count). The standard InChI is InChI=1S/C21H13Cl2NO3/c1-12-2-4-13(5-3-12)20-24-18(21(25)27-20)11-15-7-9-19(26-15)16-8-6-14(22)10-17(16)23/h2-11H,1H3. The molecule has 134 valence electrons. The van der Waals surface area contributed by atoms with Crippen molar-refractivity contribution < 1.29 is 13.9 Å². The molecule has 0 spiro atoms. The molecule has 0 saturated carbocycles. The van der Waals surface area contributed by atoms with Crippen LogP contribution in [0.1, 0.15) is 16.9 Å². The summed E-state index contributed by atoms with van der Waals surface area (Å²) in [4.78, 5) is 16.4. The van der Waals surface area contributed by atoms with Gasteiger partial charge in [0.05, 0.1) is 5.02 Å². The summed E-state index contributed by atoms with van der Waals surface area (Å²) in [7, 11) is 0. The minimum Gasteiger partial charge on any atom is -0.457 e. The first-order chi connectivity index (χ1) is 13.0. The summed E-state index contributed by atoms with van der Waals surface area (Å²) < 4.78 is 11.0. The summed E-state index contributed by atoms with van der Waals surface area (Å²) >= 11 is 12.1. The summed E-state index contributed by atoms with van der Waals surface area (Å²) in [6.45, 7) is 1.99. The number of carbonyl (C=O) groups excluding carboxylic acids is 1. The van der Waals surface area contributed by atoms with Crippen LogP contribution in [0.4, 0.5) is 0 Å². The lowest BCUT2D eigenvalue weighted by Crippen LogP contribution is -2.05. The van der Waals surface area contributed by atoms with Crippen molar-refractivity contribution >= 4 is 41.1 Å². The number of hydrogen-bond acceptors (Lipinski definition) is 4. The van der Waals surface area contributed by atoms with Crippen LogP contribution in [0.25, 0.3) is 17.4 Å². The van der Waals surface area contributed by atoms with E-state index in [4.69, 9.17) is 32.4 Å². The Kier molecular flexibility index (Phi) is 4.60. The van der Waals surface area contributed by atoms with Crippen LogP contribution in [-0.4, -0.2) is 11.9 Å². The van der Waals surface area contributed by atoms with Crippen molar-refractivity contribution in [1.82, 2.24) is 0 Å². The molecule has 1 aliphatic heterocycles. The van der Waals surface area contributed by atoms with Gasteiger partial charge in [-0.05, 0) is 49.4 Å². The number of rotatable bonds is 3. The molecule has 1 aromatic heterocycles. The highest BCUT2D eigenvalue weighted by Crippen LogP contribution is 2.32. The first-order valence-electron chi connectivity index (χ1n) is 8.14. The quantitative estimate of drug-likeness (QED) is 0.407. The maximum atomic E-state index is 12.1. The van der Waals surface area contributed by atoms with E-state index < -0.39 is 5.97 Å². The molecule has 1 aliphatic rings. The lowest BCUT2D eigenvalue weighted by Gasteiger charge is -2.00. The second-order valence-corrected chi connectivity index (χ2v) is 6.87. The first kappa shape index (κ1) is 17.6. The number of nitrogens with zero attached hydrogens (tertiary/aromatic N) is 1. The fraction of sp³-hybridized carbons (Fsp3) is 0.0476. The van der Waals surface area contributed by atoms with Gasteiger partial charge in [0.1, 0.15) is 11.5 Å². The van der Waals surface area contributed by atoms with Crippen LogP contribution in [0.3, 0.4) is 0 Å². The van der Waals surface area contributed by atoms with Crippen molar-refractivity contribution in [2.45, 2.75) is 6.92 Å². The SMILES string of the molecule is Cc1ccc(C2=NC(=Cc3ccc(-c4ccc(Cl)cc4Cl)o3)C(=O)O2)cc1. The highest BCUT2D eigenvalue weighted by atomic mass is 35.5. The van der Waals surface area contributed by atoms with Gasteiger partial charge in [0.2, 0.25) is 5.90 Å². The van der Waals surface area contributed by atoms with Gasteiger partial charge in [-0.25, -0.2) is 9.79 Å². The molecule has 0 bridgehead atoms. The van der Waals surface area contributed by atoms with E-state index >= 15 is 0 Å². The number of ether oxygens (including phenoxy) is 1. The van der Waals surface area contributed by atoms with E-state index in [0.29, 0.717) is 27.1 Å². The van der Waals surface area contributed by atoms with Gasteiger partial charge in [0.15, 0.2) is 5.70 Å². The maximum Gasteiger partial charge on any atom is 0.363 e. The molecule has 0 amide bonds. The van der Waals surface area contributed by atoms with Crippen molar-refractivity contribution in [2.75, 3.05) is 0 Å². The van der Waals surface area contributed by atoms with Gasteiger partial charge >= 0.3 is 5.97 Å². The van der Waals surface area contributed by atoms with Crippen LogP contribution in [0, 0.1) is 6.92 Å². The van der Waals surface area contributed by atoms with E-state index in [1.54, 1.807) is 30.3 Å². The first-order valence-corrected chi connectivity index (χ1v) is 8.90. The second-order valence-electron chi connectivity index (χ2n) is 6.03. The van der Waals surface area contributed by atoms with E-state index in [1.807, 2.05) is 31.2 Å². The van der Waals surface area contributed by atoms with Gasteiger partial charge in [0, 0.05) is 22.2 Å². The monoisotopic (exact) mass is 397 g/mol. The number of halogens is 2. The van der Waals surface area contributed by atoms with E-state index in [1.165, 1.54) is 6.08 Å². The largest absolute Gasteiger partial charge is 0.457 e. The van der Waals surface area contributed by atoms with E-state index in [2.05, 4.69) is 4.99 Å². The Morgan fingerprint density at radius 3 is 2.52 bits per heavy atom. The maximum absolute atomic E-state index is 12.1. The number of aryl methyl sites for hydroxylation is 1.